The van der Waals surface area contributed by atoms with Crippen molar-refractivity contribution < 1.29 is 14.3 Å². The first-order valence-electron chi connectivity index (χ1n) is 4.94. The summed E-state index contributed by atoms with van der Waals surface area (Å²) in [6.45, 7) is 4.35. The molecule has 0 aliphatic carbocycles. The van der Waals surface area contributed by atoms with Gasteiger partial charge in [0, 0.05) is 13.2 Å². The zero-order valence-corrected chi connectivity index (χ0v) is 9.87. The van der Waals surface area contributed by atoms with Crippen LogP contribution in [0.5, 0.6) is 0 Å². The zero-order valence-electron chi connectivity index (χ0n) is 9.87. The monoisotopic (exact) mass is 216 g/mol. The smallest absolute Gasteiger partial charge is 0.234 e. The van der Waals surface area contributed by atoms with Crippen molar-refractivity contribution in [1.82, 2.24) is 10.2 Å². The second-order valence-electron chi connectivity index (χ2n) is 3.87. The van der Waals surface area contributed by atoms with Crippen molar-refractivity contribution in [2.75, 3.05) is 33.9 Å². The summed E-state index contributed by atoms with van der Waals surface area (Å²) in [5.74, 6) is -0.102. The van der Waals surface area contributed by atoms with Gasteiger partial charge in [0.15, 0.2) is 5.78 Å². The average Bonchev–Trinajstić information content (AvgIpc) is 2.00. The van der Waals surface area contributed by atoms with E-state index in [2.05, 4.69) is 5.32 Å². The molecule has 88 valence electrons. The molecule has 0 aromatic carbocycles. The number of amides is 1. The summed E-state index contributed by atoms with van der Waals surface area (Å²) in [4.78, 5) is 24.1. The Morgan fingerprint density at radius 2 is 1.93 bits per heavy atom. The van der Waals surface area contributed by atoms with Crippen molar-refractivity contribution in [3.63, 3.8) is 0 Å². The summed E-state index contributed by atoms with van der Waals surface area (Å²) in [6, 6.07) is 0.126. The number of rotatable bonds is 7. The molecule has 0 aromatic rings. The highest BCUT2D eigenvalue weighted by Gasteiger charge is 2.10. The lowest BCUT2D eigenvalue weighted by Crippen LogP contribution is -2.40. The minimum atomic E-state index is -0.0716. The second-order valence-corrected chi connectivity index (χ2v) is 3.87. The number of hydrogen-bond acceptors (Lipinski definition) is 4. The molecule has 0 aliphatic heterocycles. The quantitative estimate of drug-likeness (QED) is 0.632. The van der Waals surface area contributed by atoms with Crippen LogP contribution in [0.4, 0.5) is 0 Å². The van der Waals surface area contributed by atoms with E-state index < -0.39 is 0 Å². The maximum atomic E-state index is 11.3. The number of carbonyl (C=O) groups excluding carboxylic acids is 2. The minimum Gasteiger partial charge on any atom is -0.377 e. The molecular formula is C10H20N2O3. The molecule has 0 radical (unpaired) electrons. The summed E-state index contributed by atoms with van der Waals surface area (Å²) in [5.41, 5.74) is 0. The molecule has 0 saturated carbocycles. The molecule has 0 heterocycles. The number of Topliss-reactive ketones (excluding diaryl/α,β-unsaturated/α-hetero) is 1. The summed E-state index contributed by atoms with van der Waals surface area (Å²) < 4.78 is 4.70. The second kappa shape index (κ2) is 7.36. The topological polar surface area (TPSA) is 58.6 Å². The molecule has 0 rings (SSSR count). The van der Waals surface area contributed by atoms with Gasteiger partial charge in [0.1, 0.15) is 6.61 Å². The van der Waals surface area contributed by atoms with Crippen molar-refractivity contribution >= 4 is 11.7 Å². The molecule has 1 N–H and O–H groups in total. The van der Waals surface area contributed by atoms with Crippen LogP contribution in [-0.4, -0.2) is 56.5 Å². The Morgan fingerprint density at radius 1 is 1.33 bits per heavy atom. The summed E-state index contributed by atoms with van der Waals surface area (Å²) >= 11 is 0. The van der Waals surface area contributed by atoms with Crippen LogP contribution in [0.3, 0.4) is 0 Å². The fourth-order valence-electron chi connectivity index (χ4n) is 1.18. The van der Waals surface area contributed by atoms with Crippen LogP contribution in [0.15, 0.2) is 0 Å². The van der Waals surface area contributed by atoms with Gasteiger partial charge in [0.05, 0.1) is 13.1 Å². The number of methoxy groups -OCH3 is 1. The summed E-state index contributed by atoms with van der Waals surface area (Å²) in [6.07, 6.45) is 0. The van der Waals surface area contributed by atoms with Crippen molar-refractivity contribution in [2.24, 2.45) is 0 Å². The molecule has 0 bridgehead atoms. The highest BCUT2D eigenvalue weighted by molar-refractivity contribution is 5.83. The van der Waals surface area contributed by atoms with Crippen molar-refractivity contribution in [2.45, 2.75) is 19.9 Å². The van der Waals surface area contributed by atoms with E-state index in [9.17, 15) is 9.59 Å². The van der Waals surface area contributed by atoms with Gasteiger partial charge in [-0.25, -0.2) is 0 Å². The Kier molecular flexibility index (Phi) is 6.90. The molecule has 0 unspecified atom stereocenters. The van der Waals surface area contributed by atoms with Gasteiger partial charge in [-0.1, -0.05) is 0 Å². The van der Waals surface area contributed by atoms with Crippen LogP contribution in [0.25, 0.3) is 0 Å². The number of nitrogens with zero attached hydrogens (tertiary/aromatic N) is 1. The van der Waals surface area contributed by atoms with Crippen LogP contribution in [0, 0.1) is 0 Å². The van der Waals surface area contributed by atoms with E-state index in [1.54, 1.807) is 11.9 Å². The van der Waals surface area contributed by atoms with E-state index in [-0.39, 0.29) is 37.4 Å². The third-order valence-electron chi connectivity index (χ3n) is 1.61. The molecule has 0 aromatic heterocycles. The zero-order chi connectivity index (χ0) is 11.8. The van der Waals surface area contributed by atoms with E-state index in [0.29, 0.717) is 0 Å². The summed E-state index contributed by atoms with van der Waals surface area (Å²) in [7, 11) is 3.21. The molecule has 5 heteroatoms. The van der Waals surface area contributed by atoms with E-state index in [1.807, 2.05) is 13.8 Å². The van der Waals surface area contributed by atoms with Crippen LogP contribution >= 0.6 is 0 Å². The largest absolute Gasteiger partial charge is 0.377 e. The molecule has 5 nitrogen and oxygen atoms in total. The van der Waals surface area contributed by atoms with E-state index in [0.717, 1.165) is 0 Å². The Morgan fingerprint density at radius 3 is 2.40 bits per heavy atom. The fourth-order valence-corrected chi connectivity index (χ4v) is 1.18. The van der Waals surface area contributed by atoms with Gasteiger partial charge in [-0.3, -0.25) is 14.5 Å². The van der Waals surface area contributed by atoms with E-state index in [4.69, 9.17) is 4.74 Å². The lowest BCUT2D eigenvalue weighted by molar-refractivity contribution is -0.125. The van der Waals surface area contributed by atoms with Crippen molar-refractivity contribution in [3.8, 4) is 0 Å². The molecule has 1 amide bonds. The number of ether oxygens (including phenoxy) is 1. The van der Waals surface area contributed by atoms with Gasteiger partial charge < -0.3 is 10.1 Å². The van der Waals surface area contributed by atoms with Crippen LogP contribution in [-0.2, 0) is 14.3 Å². The molecule has 0 saturated heterocycles. The lowest BCUT2D eigenvalue weighted by atomic mass is 10.3. The number of likely N-dealkylation sites (N-methyl/N-ethyl adjacent to an activating group) is 1. The first-order chi connectivity index (χ1) is 6.95. The van der Waals surface area contributed by atoms with Gasteiger partial charge in [0.2, 0.25) is 5.91 Å². The maximum absolute atomic E-state index is 11.3. The number of carbonyl (C=O) groups is 2. The predicted octanol–water partition coefficient (Wildman–Crippen LogP) is -0.342. The first-order valence-corrected chi connectivity index (χ1v) is 4.94. The molecular weight excluding hydrogens is 196 g/mol. The SMILES string of the molecule is COCC(=O)CN(C)CC(=O)NC(C)C. The third-order valence-corrected chi connectivity index (χ3v) is 1.61. The number of hydrogen-bond donors (Lipinski definition) is 1. The van der Waals surface area contributed by atoms with Crippen LogP contribution in [0.2, 0.25) is 0 Å². The van der Waals surface area contributed by atoms with Gasteiger partial charge in [-0.15, -0.1) is 0 Å². The Labute approximate surface area is 90.8 Å². The third kappa shape index (κ3) is 8.08. The van der Waals surface area contributed by atoms with Crippen molar-refractivity contribution in [1.29, 1.82) is 0 Å². The lowest BCUT2D eigenvalue weighted by Gasteiger charge is -2.16. The Bertz CT molecular complexity index is 217. The van der Waals surface area contributed by atoms with E-state index in [1.165, 1.54) is 7.11 Å². The maximum Gasteiger partial charge on any atom is 0.234 e. The predicted molar refractivity (Wildman–Crippen MR) is 57.7 cm³/mol. The van der Waals surface area contributed by atoms with Gasteiger partial charge >= 0.3 is 0 Å². The standard InChI is InChI=1S/C10H20N2O3/c1-8(2)11-10(14)6-12(3)5-9(13)7-15-4/h8H,5-7H2,1-4H3,(H,11,14). The Hall–Kier alpha value is -0.940. The fraction of sp³-hybridized carbons (Fsp3) is 0.800. The molecule has 15 heavy (non-hydrogen) atoms. The van der Waals surface area contributed by atoms with Crippen LogP contribution in [0.1, 0.15) is 13.8 Å². The normalized spacial score (nSPS) is 10.8. The highest BCUT2D eigenvalue weighted by atomic mass is 16.5. The van der Waals surface area contributed by atoms with Crippen molar-refractivity contribution in [3.05, 3.63) is 0 Å². The number of nitrogens with one attached hydrogen (secondary N) is 1. The van der Waals surface area contributed by atoms with E-state index >= 15 is 0 Å². The molecule has 0 aliphatic rings. The summed E-state index contributed by atoms with van der Waals surface area (Å²) in [5, 5.41) is 2.76. The molecule has 0 fully saturated rings. The van der Waals surface area contributed by atoms with Gasteiger partial charge in [0.25, 0.3) is 0 Å². The van der Waals surface area contributed by atoms with Gasteiger partial charge in [-0.05, 0) is 20.9 Å². The highest BCUT2D eigenvalue weighted by Crippen LogP contribution is 1.86. The number of ketones is 1. The Balaban J connectivity index is 3.77. The van der Waals surface area contributed by atoms with Crippen LogP contribution < -0.4 is 5.32 Å². The molecule has 0 spiro atoms. The van der Waals surface area contributed by atoms with Gasteiger partial charge in [-0.2, -0.15) is 0 Å². The average molecular weight is 216 g/mol. The minimum absolute atomic E-state index is 0.0302. The molecule has 0 atom stereocenters. The first kappa shape index (κ1) is 14.1.